The largest absolute Gasteiger partial charge is 0.493 e. The molecule has 0 aliphatic heterocycles. The molecule has 0 aliphatic carbocycles. The van der Waals surface area contributed by atoms with Crippen LogP contribution in [0.15, 0.2) is 97.1 Å². The molecule has 0 aromatic heterocycles. The number of carboxylic acids is 2. The van der Waals surface area contributed by atoms with Gasteiger partial charge in [0.1, 0.15) is 18.5 Å². The SMILES string of the molecule is CC(=O)O.COc1cc(C(Nc2ccc(C(=N)N)cc2)C(=O)Nc2ccc(C(=O)O)cc2)ccc1OCc1ccccc1. The number of aliphatic carboxylic acids is 1. The summed E-state index contributed by atoms with van der Waals surface area (Å²) in [5.41, 5.74) is 8.92. The molecule has 1 amide bonds. The minimum absolute atomic E-state index is 0.0588. The van der Waals surface area contributed by atoms with Crippen molar-refractivity contribution in [2.45, 2.75) is 19.6 Å². The number of nitrogens with one attached hydrogen (secondary N) is 3. The molecule has 0 aliphatic rings. The Morgan fingerprint density at radius 3 is 1.98 bits per heavy atom. The predicted octanol–water partition coefficient (Wildman–Crippen LogP) is 5.14. The summed E-state index contributed by atoms with van der Waals surface area (Å²) < 4.78 is 11.5. The van der Waals surface area contributed by atoms with E-state index in [-0.39, 0.29) is 17.3 Å². The Morgan fingerprint density at radius 1 is 0.837 bits per heavy atom. The van der Waals surface area contributed by atoms with E-state index < -0.39 is 18.0 Å². The van der Waals surface area contributed by atoms with Crippen LogP contribution in [-0.4, -0.2) is 41.0 Å². The second kappa shape index (κ2) is 15.2. The predicted molar refractivity (Wildman–Crippen MR) is 163 cm³/mol. The van der Waals surface area contributed by atoms with Gasteiger partial charge in [-0.15, -0.1) is 0 Å². The average Bonchev–Trinajstić information content (AvgIpc) is 2.99. The number of amides is 1. The molecule has 0 spiro atoms. The van der Waals surface area contributed by atoms with Gasteiger partial charge in [0, 0.05) is 23.9 Å². The fourth-order valence-corrected chi connectivity index (χ4v) is 3.84. The van der Waals surface area contributed by atoms with Crippen LogP contribution >= 0.6 is 0 Å². The van der Waals surface area contributed by atoms with Gasteiger partial charge in [-0.25, -0.2) is 4.79 Å². The molecule has 0 radical (unpaired) electrons. The summed E-state index contributed by atoms with van der Waals surface area (Å²) in [6, 6.07) is 26.9. The molecule has 4 aromatic carbocycles. The van der Waals surface area contributed by atoms with Crippen LogP contribution in [0.3, 0.4) is 0 Å². The lowest BCUT2D eigenvalue weighted by Gasteiger charge is -2.22. The highest BCUT2D eigenvalue weighted by Gasteiger charge is 2.23. The van der Waals surface area contributed by atoms with Gasteiger partial charge >= 0.3 is 5.97 Å². The minimum atomic E-state index is -1.05. The molecule has 0 fully saturated rings. The van der Waals surface area contributed by atoms with Crippen LogP contribution in [0, 0.1) is 5.41 Å². The highest BCUT2D eigenvalue weighted by atomic mass is 16.5. The van der Waals surface area contributed by atoms with Crippen molar-refractivity contribution in [2.24, 2.45) is 5.73 Å². The summed E-state index contributed by atoms with van der Waals surface area (Å²) in [5.74, 6) is -1.34. The van der Waals surface area contributed by atoms with Gasteiger partial charge < -0.3 is 36.1 Å². The molecule has 1 unspecified atom stereocenters. The lowest BCUT2D eigenvalue weighted by molar-refractivity contribution is -0.134. The number of carbonyl (C=O) groups excluding carboxylic acids is 1. The number of amidine groups is 1. The van der Waals surface area contributed by atoms with Crippen LogP contribution in [0.2, 0.25) is 0 Å². The van der Waals surface area contributed by atoms with Crippen LogP contribution in [0.4, 0.5) is 11.4 Å². The Hall–Kier alpha value is -5.84. The summed E-state index contributed by atoms with van der Waals surface area (Å²) >= 11 is 0. The van der Waals surface area contributed by atoms with E-state index in [9.17, 15) is 9.59 Å². The van der Waals surface area contributed by atoms with Crippen LogP contribution in [0.1, 0.15) is 40.0 Å². The first-order valence-corrected chi connectivity index (χ1v) is 13.0. The van der Waals surface area contributed by atoms with Gasteiger partial charge in [-0.2, -0.15) is 0 Å². The van der Waals surface area contributed by atoms with E-state index in [0.29, 0.717) is 40.6 Å². The Morgan fingerprint density at radius 2 is 1.42 bits per heavy atom. The van der Waals surface area contributed by atoms with E-state index in [2.05, 4.69) is 10.6 Å². The minimum Gasteiger partial charge on any atom is -0.493 e. The maximum absolute atomic E-state index is 13.5. The Balaban J connectivity index is 0.00000119. The summed E-state index contributed by atoms with van der Waals surface area (Å²) in [6.07, 6.45) is 0. The molecule has 1 atom stereocenters. The number of anilines is 2. The van der Waals surface area contributed by atoms with E-state index in [0.717, 1.165) is 12.5 Å². The molecule has 222 valence electrons. The number of aromatic carboxylic acids is 1. The average molecular weight is 585 g/mol. The fraction of sp³-hybridized carbons (Fsp3) is 0.125. The van der Waals surface area contributed by atoms with E-state index in [1.807, 2.05) is 30.3 Å². The molecular formula is C32H32N4O7. The number of benzene rings is 4. The third kappa shape index (κ3) is 9.64. The summed E-state index contributed by atoms with van der Waals surface area (Å²) in [7, 11) is 1.53. The van der Waals surface area contributed by atoms with Crippen molar-refractivity contribution in [3.63, 3.8) is 0 Å². The number of methoxy groups -OCH3 is 1. The van der Waals surface area contributed by atoms with E-state index >= 15 is 0 Å². The van der Waals surface area contributed by atoms with Gasteiger partial charge in [0.2, 0.25) is 0 Å². The molecule has 4 aromatic rings. The first-order valence-electron chi connectivity index (χ1n) is 13.0. The second-order valence-corrected chi connectivity index (χ2v) is 9.14. The zero-order valence-corrected chi connectivity index (χ0v) is 23.5. The molecule has 7 N–H and O–H groups in total. The third-order valence-electron chi connectivity index (χ3n) is 5.93. The van der Waals surface area contributed by atoms with Gasteiger partial charge in [-0.1, -0.05) is 36.4 Å². The highest BCUT2D eigenvalue weighted by Crippen LogP contribution is 2.33. The lowest BCUT2D eigenvalue weighted by Crippen LogP contribution is -2.27. The monoisotopic (exact) mass is 584 g/mol. The van der Waals surface area contributed by atoms with Crippen molar-refractivity contribution in [3.8, 4) is 11.5 Å². The number of nitrogen functional groups attached to an aromatic ring is 1. The first-order chi connectivity index (χ1) is 20.6. The lowest BCUT2D eigenvalue weighted by atomic mass is 10.0. The maximum Gasteiger partial charge on any atom is 0.335 e. The number of carboxylic acid groups (broad SMARTS) is 2. The zero-order valence-electron chi connectivity index (χ0n) is 23.5. The highest BCUT2D eigenvalue weighted by molar-refractivity contribution is 5.98. The third-order valence-corrected chi connectivity index (χ3v) is 5.93. The van der Waals surface area contributed by atoms with Crippen molar-refractivity contribution >= 4 is 35.1 Å². The van der Waals surface area contributed by atoms with Crippen molar-refractivity contribution in [1.82, 2.24) is 0 Å². The topological polar surface area (TPSA) is 184 Å². The smallest absolute Gasteiger partial charge is 0.335 e. The van der Waals surface area contributed by atoms with Crippen molar-refractivity contribution in [3.05, 3.63) is 119 Å². The Bertz CT molecular complexity index is 1550. The summed E-state index contributed by atoms with van der Waals surface area (Å²) in [5, 5.41) is 30.2. The van der Waals surface area contributed by atoms with E-state index in [4.69, 9.17) is 35.6 Å². The van der Waals surface area contributed by atoms with Gasteiger partial charge in [-0.05, 0) is 71.8 Å². The second-order valence-electron chi connectivity index (χ2n) is 9.14. The molecule has 4 rings (SSSR count). The molecule has 0 bridgehead atoms. The summed E-state index contributed by atoms with van der Waals surface area (Å²) in [4.78, 5) is 33.7. The zero-order chi connectivity index (χ0) is 31.4. The fourth-order valence-electron chi connectivity index (χ4n) is 3.84. The molecule has 0 saturated carbocycles. The Kier molecular flexibility index (Phi) is 11.2. The van der Waals surface area contributed by atoms with Crippen LogP contribution in [-0.2, 0) is 16.2 Å². The van der Waals surface area contributed by atoms with Gasteiger partial charge in [-0.3, -0.25) is 15.0 Å². The van der Waals surface area contributed by atoms with Gasteiger partial charge in [0.05, 0.1) is 12.7 Å². The Labute approximate surface area is 248 Å². The van der Waals surface area contributed by atoms with Gasteiger partial charge in [0.25, 0.3) is 11.9 Å². The van der Waals surface area contributed by atoms with Gasteiger partial charge in [0.15, 0.2) is 11.5 Å². The molecular weight excluding hydrogens is 552 g/mol. The van der Waals surface area contributed by atoms with E-state index in [1.54, 1.807) is 42.5 Å². The quantitative estimate of drug-likeness (QED) is 0.103. The molecule has 11 nitrogen and oxygen atoms in total. The van der Waals surface area contributed by atoms with Crippen LogP contribution < -0.4 is 25.8 Å². The molecule has 43 heavy (non-hydrogen) atoms. The molecule has 11 heteroatoms. The maximum atomic E-state index is 13.5. The summed E-state index contributed by atoms with van der Waals surface area (Å²) in [6.45, 7) is 1.44. The standard InChI is InChI=1S/C30H28N4O5.C2H4O2/c1-38-26-17-22(11-16-25(26)39-18-19-5-3-2-4-6-19)27(33-23-12-7-20(8-13-23)28(31)32)29(35)34-24-14-9-21(10-15-24)30(36)37;1-2(3)4/h2-17,27,33H,18H2,1H3,(H3,31,32)(H,34,35)(H,36,37);1H3,(H,3,4). The van der Waals surface area contributed by atoms with Crippen molar-refractivity contribution in [1.29, 1.82) is 5.41 Å². The van der Waals surface area contributed by atoms with Crippen molar-refractivity contribution in [2.75, 3.05) is 17.7 Å². The number of nitrogens with two attached hydrogens (primary N) is 1. The number of hydrogen-bond acceptors (Lipinski definition) is 7. The van der Waals surface area contributed by atoms with Crippen LogP contribution in [0.5, 0.6) is 11.5 Å². The number of hydrogen-bond donors (Lipinski definition) is 6. The van der Waals surface area contributed by atoms with E-state index in [1.165, 1.54) is 31.4 Å². The number of carbonyl (C=O) groups is 3. The molecule has 0 saturated heterocycles. The van der Waals surface area contributed by atoms with Crippen LogP contribution in [0.25, 0.3) is 0 Å². The molecule has 0 heterocycles. The normalized spacial score (nSPS) is 10.7. The number of rotatable bonds is 11. The number of ether oxygens (including phenoxy) is 2. The van der Waals surface area contributed by atoms with Crippen molar-refractivity contribution < 1.29 is 34.1 Å². The first kappa shape index (κ1) is 31.7.